The van der Waals surface area contributed by atoms with Gasteiger partial charge >= 0.3 is 8.80 Å². The molecule has 126 valence electrons. The van der Waals surface area contributed by atoms with E-state index in [2.05, 4.69) is 32.6 Å². The van der Waals surface area contributed by atoms with Gasteiger partial charge in [-0.05, 0) is 59.9 Å². The number of rotatable bonds is 8. The van der Waals surface area contributed by atoms with Crippen LogP contribution in [0.4, 0.5) is 0 Å². The van der Waals surface area contributed by atoms with Crippen molar-refractivity contribution in [1.29, 1.82) is 0 Å². The van der Waals surface area contributed by atoms with E-state index in [4.69, 9.17) is 19.0 Å². The van der Waals surface area contributed by atoms with Crippen molar-refractivity contribution in [3.63, 3.8) is 0 Å². The number of likely N-dealkylation sites (tertiary alicyclic amines) is 1. The highest BCUT2D eigenvalue weighted by Crippen LogP contribution is 2.38. The Bertz CT molecular complexity index is 304. The van der Waals surface area contributed by atoms with Gasteiger partial charge in [0.05, 0.1) is 6.73 Å². The predicted octanol–water partition coefficient (Wildman–Crippen LogP) is 2.58. The molecule has 2 N–H and O–H groups in total. The maximum Gasteiger partial charge on any atom is 0.501 e. The molecule has 0 aromatic heterocycles. The van der Waals surface area contributed by atoms with Gasteiger partial charge in [0, 0.05) is 31.3 Å². The van der Waals surface area contributed by atoms with Gasteiger partial charge in [0.15, 0.2) is 0 Å². The molecule has 0 radical (unpaired) electrons. The van der Waals surface area contributed by atoms with Crippen molar-refractivity contribution >= 4 is 8.80 Å². The lowest BCUT2D eigenvalue weighted by Crippen LogP contribution is -2.61. The van der Waals surface area contributed by atoms with Crippen LogP contribution in [0.3, 0.4) is 0 Å². The van der Waals surface area contributed by atoms with E-state index < -0.39 is 8.80 Å². The maximum absolute atomic E-state index is 6.21. The number of piperidine rings is 1. The third-order valence-corrected chi connectivity index (χ3v) is 7.54. The quantitative estimate of drug-likeness (QED) is 0.697. The lowest BCUT2D eigenvalue weighted by Gasteiger charge is -2.53. The molecule has 0 aliphatic carbocycles. The predicted molar refractivity (Wildman–Crippen MR) is 88.1 cm³/mol. The molecule has 21 heavy (non-hydrogen) atoms. The van der Waals surface area contributed by atoms with Gasteiger partial charge in [-0.25, -0.2) is 0 Å². The van der Waals surface area contributed by atoms with Crippen LogP contribution in [0.15, 0.2) is 0 Å². The Morgan fingerprint density at radius 3 is 2.00 bits per heavy atom. The third kappa shape index (κ3) is 4.74. The van der Waals surface area contributed by atoms with Crippen molar-refractivity contribution in [1.82, 2.24) is 4.90 Å². The first-order valence-electron chi connectivity index (χ1n) is 7.95. The molecule has 1 aliphatic rings. The summed E-state index contributed by atoms with van der Waals surface area (Å²) in [5.74, 6) is 0. The fraction of sp³-hybridized carbons (Fsp3) is 1.00. The summed E-state index contributed by atoms with van der Waals surface area (Å²) in [6.45, 7) is 10.4. The van der Waals surface area contributed by atoms with Crippen molar-refractivity contribution in [2.75, 3.05) is 27.5 Å². The van der Waals surface area contributed by atoms with Gasteiger partial charge < -0.3 is 19.0 Å². The van der Waals surface area contributed by atoms with Crippen LogP contribution in [-0.2, 0) is 13.3 Å². The van der Waals surface area contributed by atoms with E-state index in [0.29, 0.717) is 13.3 Å². The first kappa shape index (κ1) is 19.1. The van der Waals surface area contributed by atoms with Crippen LogP contribution in [0.25, 0.3) is 0 Å². The van der Waals surface area contributed by atoms with E-state index in [1.165, 1.54) is 19.3 Å². The highest BCUT2D eigenvalue weighted by molar-refractivity contribution is 6.60. The zero-order valence-corrected chi connectivity index (χ0v) is 15.7. The van der Waals surface area contributed by atoms with E-state index in [1.807, 2.05) is 0 Å². The van der Waals surface area contributed by atoms with Crippen molar-refractivity contribution in [2.24, 2.45) is 5.73 Å². The molecule has 1 aliphatic heterocycles. The van der Waals surface area contributed by atoms with E-state index in [-0.39, 0.29) is 11.1 Å². The summed E-state index contributed by atoms with van der Waals surface area (Å²) < 4.78 is 17.5. The molecular formula is C15H34N2O3Si. The van der Waals surface area contributed by atoms with Gasteiger partial charge in [-0.15, -0.1) is 0 Å². The van der Waals surface area contributed by atoms with Crippen LogP contribution in [0, 0.1) is 0 Å². The minimum absolute atomic E-state index is 0.136. The lowest BCUT2D eigenvalue weighted by molar-refractivity contribution is -0.0906. The van der Waals surface area contributed by atoms with Crippen LogP contribution >= 0.6 is 0 Å². The smallest absolute Gasteiger partial charge is 0.377 e. The average Bonchev–Trinajstić information content (AvgIpc) is 2.41. The molecule has 0 amide bonds. The molecule has 0 saturated carbocycles. The van der Waals surface area contributed by atoms with Gasteiger partial charge in [0.25, 0.3) is 0 Å². The fourth-order valence-electron chi connectivity index (χ4n) is 3.35. The van der Waals surface area contributed by atoms with Crippen LogP contribution < -0.4 is 5.73 Å². The van der Waals surface area contributed by atoms with Crippen molar-refractivity contribution < 1.29 is 13.3 Å². The molecule has 1 saturated heterocycles. The van der Waals surface area contributed by atoms with Crippen LogP contribution in [0.1, 0.15) is 53.4 Å². The van der Waals surface area contributed by atoms with Gasteiger partial charge in [-0.1, -0.05) is 0 Å². The lowest BCUT2D eigenvalue weighted by atomic mass is 9.80. The standard InChI is InChI=1S/C15H34N2O3Si/c1-14(2)9-7-10-15(3,4)17(14)13-20-21(18-5,19-6)12-8-11-16/h7-13,16H2,1-6H3. The zero-order chi connectivity index (χ0) is 16.1. The summed E-state index contributed by atoms with van der Waals surface area (Å²) in [5.41, 5.74) is 5.89. The molecular weight excluding hydrogens is 284 g/mol. The van der Waals surface area contributed by atoms with Crippen LogP contribution in [-0.4, -0.2) is 52.3 Å². The largest absolute Gasteiger partial charge is 0.501 e. The average molecular weight is 319 g/mol. The first-order valence-corrected chi connectivity index (χ1v) is 9.88. The Hall–Kier alpha value is 0.0169. The summed E-state index contributed by atoms with van der Waals surface area (Å²) in [6, 6.07) is 0.769. The summed E-state index contributed by atoms with van der Waals surface area (Å²) in [7, 11) is 0.763. The highest BCUT2D eigenvalue weighted by Gasteiger charge is 2.45. The second-order valence-corrected chi connectivity index (χ2v) is 10.1. The normalized spacial score (nSPS) is 22.4. The first-order chi connectivity index (χ1) is 9.73. The summed E-state index contributed by atoms with van der Waals surface area (Å²) in [4.78, 5) is 2.45. The summed E-state index contributed by atoms with van der Waals surface area (Å²) >= 11 is 0. The maximum atomic E-state index is 6.21. The summed E-state index contributed by atoms with van der Waals surface area (Å²) in [6.07, 6.45) is 4.51. The molecule has 1 heterocycles. The van der Waals surface area contributed by atoms with Crippen molar-refractivity contribution in [3.8, 4) is 0 Å². The van der Waals surface area contributed by atoms with Crippen molar-refractivity contribution in [2.45, 2.75) is 70.5 Å². The Kier molecular flexibility index (Phi) is 6.83. The molecule has 0 aromatic rings. The number of hydrogen-bond acceptors (Lipinski definition) is 5. The molecule has 0 spiro atoms. The fourth-order valence-corrected chi connectivity index (χ4v) is 5.27. The second kappa shape index (κ2) is 7.52. The molecule has 1 rings (SSSR count). The van der Waals surface area contributed by atoms with Crippen LogP contribution in [0.2, 0.25) is 6.04 Å². The highest BCUT2D eigenvalue weighted by atomic mass is 28.4. The summed E-state index contributed by atoms with van der Waals surface area (Å²) in [5, 5.41) is 0. The van der Waals surface area contributed by atoms with E-state index >= 15 is 0 Å². The minimum atomic E-state index is -2.60. The van der Waals surface area contributed by atoms with Gasteiger partial charge in [-0.2, -0.15) is 0 Å². The van der Waals surface area contributed by atoms with Gasteiger partial charge in [0.1, 0.15) is 0 Å². The molecule has 0 unspecified atom stereocenters. The molecule has 0 atom stereocenters. The number of nitrogens with zero attached hydrogens (tertiary/aromatic N) is 1. The second-order valence-electron chi connectivity index (χ2n) is 7.16. The van der Waals surface area contributed by atoms with Crippen molar-refractivity contribution in [3.05, 3.63) is 0 Å². The van der Waals surface area contributed by atoms with E-state index in [9.17, 15) is 0 Å². The SMILES string of the molecule is CO[Si](CCCN)(OC)OCN1C(C)(C)CCCC1(C)C. The Morgan fingerprint density at radius 2 is 1.57 bits per heavy atom. The minimum Gasteiger partial charge on any atom is -0.377 e. The Balaban J connectivity index is 2.76. The van der Waals surface area contributed by atoms with Crippen LogP contribution in [0.5, 0.6) is 0 Å². The monoisotopic (exact) mass is 318 g/mol. The van der Waals surface area contributed by atoms with Gasteiger partial charge in [0.2, 0.25) is 0 Å². The third-order valence-electron chi connectivity index (χ3n) is 4.76. The molecule has 1 fully saturated rings. The number of hydrogen-bond donors (Lipinski definition) is 1. The van der Waals surface area contributed by atoms with Gasteiger partial charge in [-0.3, -0.25) is 4.90 Å². The molecule has 6 heteroatoms. The Labute approximate surface area is 131 Å². The molecule has 0 aromatic carbocycles. The topological polar surface area (TPSA) is 57.0 Å². The van der Waals surface area contributed by atoms with E-state index in [1.54, 1.807) is 14.2 Å². The zero-order valence-electron chi connectivity index (χ0n) is 14.7. The molecule has 0 bridgehead atoms. The Morgan fingerprint density at radius 1 is 1.05 bits per heavy atom. The molecule has 5 nitrogen and oxygen atoms in total. The number of nitrogens with two attached hydrogens (primary N) is 1. The van der Waals surface area contributed by atoms with E-state index in [0.717, 1.165) is 12.5 Å².